The Bertz CT molecular complexity index is 41.3. The predicted molar refractivity (Wildman–Crippen MR) is 13.9 cm³/mol. The molecule has 0 fully saturated rings. The Morgan fingerprint density at radius 3 is 0.714 bits per heavy atom. The second-order valence-electron chi connectivity index (χ2n) is 0.714. The zero-order chi connectivity index (χ0) is 5.45. The maximum Gasteiger partial charge on any atom is 1.00 e. The van der Waals surface area contributed by atoms with E-state index in [0.29, 0.717) is 0 Å². The van der Waals surface area contributed by atoms with E-state index in [0.717, 1.165) is 0 Å². The van der Waals surface area contributed by atoms with Gasteiger partial charge >= 0.3 is 58.7 Å². The van der Waals surface area contributed by atoms with Crippen molar-refractivity contribution in [2.45, 2.75) is 0 Å². The fourth-order valence-corrected chi connectivity index (χ4v) is 0. The minimum absolute atomic E-state index is 0. The number of halogens is 5. The van der Waals surface area contributed by atoms with E-state index in [4.69, 9.17) is 0 Å². The molecule has 0 spiro atoms. The first-order chi connectivity index (χ1) is 2.24. The molecule has 0 atom stereocenters. The number of hydrogen-bond acceptors (Lipinski definition) is 0. The predicted octanol–water partition coefficient (Wildman–Crippen LogP) is -0.302. The van der Waals surface area contributed by atoms with Gasteiger partial charge in [-0.05, 0) is 0 Å². The molecule has 0 aliphatic carbocycles. The van der Waals surface area contributed by atoms with E-state index < -0.39 is 8.16 Å². The van der Waals surface area contributed by atoms with Crippen molar-refractivity contribution < 1.29 is 50.5 Å². The second kappa shape index (κ2) is 2.13. The molecular weight excluding hydrogens is 149 g/mol. The fourth-order valence-electron chi connectivity index (χ4n) is 0. The normalized spacial score (nSPS) is 16.4. The fraction of sp³-hybridized carbons (Fsp3) is 0. The van der Waals surface area contributed by atoms with Crippen LogP contribution >= 0.6 is 8.16 Å². The van der Waals surface area contributed by atoms with E-state index in [2.05, 4.69) is 0 Å². The third-order valence-corrected chi connectivity index (χ3v) is 0. The van der Waals surface area contributed by atoms with Crippen LogP contribution in [0.5, 0.6) is 0 Å². The Balaban J connectivity index is 0. The third kappa shape index (κ3) is 157. The van der Waals surface area contributed by atoms with E-state index in [9.17, 15) is 21.0 Å². The zero-order valence-corrected chi connectivity index (χ0v) is 6.39. The first kappa shape index (κ1) is 11.0. The summed E-state index contributed by atoms with van der Waals surface area (Å²) in [6.07, 6.45) is 0. The molecule has 0 aliphatic rings. The summed E-state index contributed by atoms with van der Waals surface area (Å²) >= 11 is 0. The van der Waals surface area contributed by atoms with Crippen molar-refractivity contribution in [3.8, 4) is 0 Å². The standard InChI is InChI=1S/F5HP.Na/c1-6(2,3,4)5;/h6H;/q-1;+1. The van der Waals surface area contributed by atoms with Crippen LogP contribution in [0, 0.1) is 0 Å². The summed E-state index contributed by atoms with van der Waals surface area (Å²) in [5.41, 5.74) is 0. The average molecular weight is 150 g/mol. The van der Waals surface area contributed by atoms with Gasteiger partial charge in [0, 0.05) is 0 Å². The van der Waals surface area contributed by atoms with Crippen LogP contribution in [0.4, 0.5) is 21.0 Å². The molecule has 0 nitrogen and oxygen atoms in total. The van der Waals surface area contributed by atoms with Crippen LogP contribution < -0.4 is 29.6 Å². The quantitative estimate of drug-likeness (QED) is 0.252. The van der Waals surface area contributed by atoms with Crippen LogP contribution in [0.25, 0.3) is 0 Å². The Kier molecular flexibility index (Phi) is 3.34. The maximum atomic E-state index is 9.86. The molecule has 0 aromatic rings. The molecule has 0 saturated carbocycles. The summed E-state index contributed by atoms with van der Waals surface area (Å²) < 4.78 is 49.3. The minimum atomic E-state index is -8.75. The van der Waals surface area contributed by atoms with Gasteiger partial charge in [-0.3, -0.25) is 0 Å². The van der Waals surface area contributed by atoms with Gasteiger partial charge in [0.2, 0.25) is 0 Å². The minimum Gasteiger partial charge on any atom is 1.00 e. The monoisotopic (exact) mass is 150 g/mol. The topological polar surface area (TPSA) is 0 Å². The van der Waals surface area contributed by atoms with Crippen molar-refractivity contribution in [2.24, 2.45) is 0 Å². The molecular formula is HF5NaP. The van der Waals surface area contributed by atoms with Crippen molar-refractivity contribution in [1.29, 1.82) is 0 Å². The Hall–Kier alpha value is 1.08. The summed E-state index contributed by atoms with van der Waals surface area (Å²) in [7, 11) is -8.75. The number of rotatable bonds is 0. The van der Waals surface area contributed by atoms with E-state index in [1.54, 1.807) is 0 Å². The van der Waals surface area contributed by atoms with Gasteiger partial charge in [-0.2, -0.15) is 0 Å². The molecule has 0 rings (SSSR count). The molecule has 0 heterocycles. The first-order valence-corrected chi connectivity index (χ1v) is 2.83. The molecule has 0 aromatic carbocycles. The van der Waals surface area contributed by atoms with Gasteiger partial charge in [0.1, 0.15) is 0 Å². The smallest absolute Gasteiger partial charge is 1.00 e. The molecule has 7 heteroatoms. The van der Waals surface area contributed by atoms with Crippen molar-refractivity contribution in [2.75, 3.05) is 0 Å². The largest absolute Gasteiger partial charge is 1.00 e. The van der Waals surface area contributed by atoms with Crippen LogP contribution in [-0.2, 0) is 0 Å². The maximum absolute atomic E-state index is 9.86. The van der Waals surface area contributed by atoms with Crippen LogP contribution in [0.2, 0.25) is 0 Å². The van der Waals surface area contributed by atoms with Crippen molar-refractivity contribution >= 4 is 8.16 Å². The van der Waals surface area contributed by atoms with Crippen LogP contribution in [-0.4, -0.2) is 0 Å². The molecule has 0 amide bonds. The van der Waals surface area contributed by atoms with Crippen LogP contribution in [0.1, 0.15) is 0 Å². The van der Waals surface area contributed by atoms with E-state index >= 15 is 0 Å². The van der Waals surface area contributed by atoms with Gasteiger partial charge < -0.3 is 0 Å². The second-order valence-corrected chi connectivity index (χ2v) is 2.14. The average Bonchev–Trinajstić information content (AvgIpc) is 0.650. The van der Waals surface area contributed by atoms with Crippen molar-refractivity contribution in [1.82, 2.24) is 0 Å². The van der Waals surface area contributed by atoms with E-state index in [1.165, 1.54) is 0 Å². The molecule has 0 N–H and O–H groups in total. The molecule has 0 aliphatic heterocycles. The van der Waals surface area contributed by atoms with E-state index in [1.807, 2.05) is 0 Å². The van der Waals surface area contributed by atoms with Gasteiger partial charge in [-0.15, -0.1) is 0 Å². The summed E-state index contributed by atoms with van der Waals surface area (Å²) in [4.78, 5) is 0. The molecule has 0 radical (unpaired) electrons. The van der Waals surface area contributed by atoms with Gasteiger partial charge in [0.05, 0.1) is 0 Å². The van der Waals surface area contributed by atoms with E-state index in [-0.39, 0.29) is 29.6 Å². The summed E-state index contributed by atoms with van der Waals surface area (Å²) in [5, 5.41) is 0. The van der Waals surface area contributed by atoms with Gasteiger partial charge in [-0.1, -0.05) is 0 Å². The van der Waals surface area contributed by atoms with Gasteiger partial charge in [0.15, 0.2) is 0 Å². The Morgan fingerprint density at radius 2 is 0.714 bits per heavy atom. The summed E-state index contributed by atoms with van der Waals surface area (Å²) in [6.45, 7) is 0. The molecule has 0 saturated heterocycles. The number of hydrogen-bond donors (Lipinski definition) is 0. The van der Waals surface area contributed by atoms with Crippen LogP contribution in [0.3, 0.4) is 0 Å². The molecule has 0 bridgehead atoms. The Labute approximate surface area is 58.9 Å². The Morgan fingerprint density at radius 1 is 0.714 bits per heavy atom. The zero-order valence-electron chi connectivity index (χ0n) is 3.39. The molecule has 42 valence electrons. The molecule has 0 aromatic heterocycles. The summed E-state index contributed by atoms with van der Waals surface area (Å²) in [5.74, 6) is 0. The SMILES string of the molecule is F[PH-](F)(F)(F)F.[Na+]. The molecule has 0 unspecified atom stereocenters. The van der Waals surface area contributed by atoms with Crippen molar-refractivity contribution in [3.63, 3.8) is 0 Å². The molecule has 7 heavy (non-hydrogen) atoms. The summed E-state index contributed by atoms with van der Waals surface area (Å²) in [6, 6.07) is 0. The van der Waals surface area contributed by atoms with Gasteiger partial charge in [-0.25, -0.2) is 0 Å². The van der Waals surface area contributed by atoms with Crippen LogP contribution in [0.15, 0.2) is 0 Å². The first-order valence-electron chi connectivity index (χ1n) is 0.945. The van der Waals surface area contributed by atoms with Gasteiger partial charge in [0.25, 0.3) is 0 Å². The van der Waals surface area contributed by atoms with Crippen molar-refractivity contribution in [3.05, 3.63) is 0 Å². The third-order valence-electron chi connectivity index (χ3n) is 0.